The van der Waals surface area contributed by atoms with E-state index in [0.717, 1.165) is 27.0 Å². The van der Waals surface area contributed by atoms with E-state index < -0.39 is 12.0 Å². The van der Waals surface area contributed by atoms with E-state index in [0.29, 0.717) is 20.6 Å². The van der Waals surface area contributed by atoms with E-state index in [9.17, 15) is 9.59 Å². The third-order valence-electron chi connectivity index (χ3n) is 5.55. The van der Waals surface area contributed by atoms with Crippen LogP contribution in [0.25, 0.3) is 17.0 Å². The van der Waals surface area contributed by atoms with E-state index in [1.54, 1.807) is 18.4 Å². The molecule has 0 spiro atoms. The molecule has 3 aromatic heterocycles. The summed E-state index contributed by atoms with van der Waals surface area (Å²) in [6.45, 7) is 5.83. The number of aryl methyl sites for hydroxylation is 1. The number of ether oxygens (including phenoxy) is 1. The lowest BCUT2D eigenvalue weighted by atomic mass is 10.0. The van der Waals surface area contributed by atoms with Gasteiger partial charge in [0.25, 0.3) is 5.56 Å². The highest BCUT2D eigenvalue weighted by Gasteiger charge is 2.33. The second-order valence-electron chi connectivity index (χ2n) is 7.53. The lowest BCUT2D eigenvalue weighted by Gasteiger charge is -2.23. The van der Waals surface area contributed by atoms with Crippen molar-refractivity contribution in [3.63, 3.8) is 0 Å². The van der Waals surface area contributed by atoms with Crippen LogP contribution in [0.15, 0.2) is 62.8 Å². The van der Waals surface area contributed by atoms with E-state index in [-0.39, 0.29) is 12.2 Å². The molecule has 6 nitrogen and oxygen atoms in total. The number of hydrogen-bond acceptors (Lipinski definition) is 6. The molecule has 0 fully saturated rings. The Hall–Kier alpha value is -3.23. The Bertz CT molecular complexity index is 1550. The van der Waals surface area contributed by atoms with Gasteiger partial charge in [-0.2, -0.15) is 0 Å². The first-order valence-electron chi connectivity index (χ1n) is 10.3. The van der Waals surface area contributed by atoms with E-state index in [1.165, 1.54) is 22.7 Å². The minimum Gasteiger partial charge on any atom is -0.463 e. The first-order valence-corrected chi connectivity index (χ1v) is 12.0. The number of fused-ring (bicyclic) bond motifs is 2. The van der Waals surface area contributed by atoms with Crippen LogP contribution in [-0.4, -0.2) is 22.1 Å². The van der Waals surface area contributed by atoms with Crippen LogP contribution in [0.4, 0.5) is 0 Å². The van der Waals surface area contributed by atoms with Gasteiger partial charge in [-0.1, -0.05) is 35.6 Å². The maximum absolute atomic E-state index is 13.6. The van der Waals surface area contributed by atoms with Crippen molar-refractivity contribution in [2.45, 2.75) is 26.8 Å². The molecule has 0 unspecified atom stereocenters. The van der Waals surface area contributed by atoms with Gasteiger partial charge in [0.05, 0.1) is 22.4 Å². The van der Waals surface area contributed by atoms with Gasteiger partial charge in [0, 0.05) is 27.0 Å². The summed E-state index contributed by atoms with van der Waals surface area (Å²) in [5.74, 6) is -0.436. The van der Waals surface area contributed by atoms with Gasteiger partial charge in [-0.25, -0.2) is 9.79 Å². The second kappa shape index (κ2) is 8.03. The smallest absolute Gasteiger partial charge is 0.338 e. The number of hydrogen-bond donors (Lipinski definition) is 1. The molecule has 5 rings (SSSR count). The quantitative estimate of drug-likeness (QED) is 0.470. The highest BCUT2D eigenvalue weighted by atomic mass is 32.1. The summed E-state index contributed by atoms with van der Waals surface area (Å²) < 4.78 is 7.53. The van der Waals surface area contributed by atoms with E-state index in [4.69, 9.17) is 4.74 Å². The average molecular weight is 464 g/mol. The van der Waals surface area contributed by atoms with Crippen molar-refractivity contribution < 1.29 is 9.53 Å². The zero-order chi connectivity index (χ0) is 22.4. The van der Waals surface area contributed by atoms with Crippen molar-refractivity contribution in [3.05, 3.63) is 88.9 Å². The molecule has 1 aliphatic rings. The third-order valence-corrected chi connectivity index (χ3v) is 7.46. The fourth-order valence-electron chi connectivity index (χ4n) is 4.12. The Morgan fingerprint density at radius 2 is 2.06 bits per heavy atom. The number of rotatable bonds is 4. The Morgan fingerprint density at radius 1 is 1.25 bits per heavy atom. The van der Waals surface area contributed by atoms with Crippen LogP contribution in [0.2, 0.25) is 0 Å². The Balaban J connectivity index is 1.75. The molecule has 1 aliphatic heterocycles. The SMILES string of the molecule is CCOC(=O)C1=C(C)N=c2s/c(=C\c3c(C)[nH]c4ccccc34)c(=O)n2[C@H]1c1cccs1. The molecule has 0 aliphatic carbocycles. The predicted molar refractivity (Wildman–Crippen MR) is 128 cm³/mol. The van der Waals surface area contributed by atoms with Crippen molar-refractivity contribution in [1.29, 1.82) is 0 Å². The maximum Gasteiger partial charge on any atom is 0.338 e. The second-order valence-corrected chi connectivity index (χ2v) is 9.52. The van der Waals surface area contributed by atoms with Gasteiger partial charge in [0.2, 0.25) is 0 Å². The van der Waals surface area contributed by atoms with Crippen molar-refractivity contribution in [2.24, 2.45) is 4.99 Å². The largest absolute Gasteiger partial charge is 0.463 e. The number of nitrogens with zero attached hydrogens (tertiary/aromatic N) is 2. The minimum absolute atomic E-state index is 0.161. The molecule has 1 atom stereocenters. The van der Waals surface area contributed by atoms with Gasteiger partial charge in [0.1, 0.15) is 6.04 Å². The highest BCUT2D eigenvalue weighted by molar-refractivity contribution is 7.10. The Kier molecular flexibility index (Phi) is 5.19. The number of thiophene rings is 1. The lowest BCUT2D eigenvalue weighted by Crippen LogP contribution is -2.39. The van der Waals surface area contributed by atoms with Crippen LogP contribution in [0.3, 0.4) is 0 Å². The van der Waals surface area contributed by atoms with E-state index >= 15 is 0 Å². The number of carbonyl (C=O) groups is 1. The van der Waals surface area contributed by atoms with Crippen LogP contribution < -0.4 is 14.9 Å². The summed E-state index contributed by atoms with van der Waals surface area (Å²) in [7, 11) is 0. The van der Waals surface area contributed by atoms with Gasteiger partial charge in [-0.3, -0.25) is 9.36 Å². The van der Waals surface area contributed by atoms with Gasteiger partial charge < -0.3 is 9.72 Å². The number of thiazole rings is 1. The minimum atomic E-state index is -0.545. The summed E-state index contributed by atoms with van der Waals surface area (Å²) in [4.78, 5) is 35.9. The van der Waals surface area contributed by atoms with Gasteiger partial charge >= 0.3 is 5.97 Å². The van der Waals surface area contributed by atoms with Crippen LogP contribution in [0, 0.1) is 6.92 Å². The predicted octanol–water partition coefficient (Wildman–Crippen LogP) is 3.65. The number of nitrogens with one attached hydrogen (secondary N) is 1. The molecule has 162 valence electrons. The third kappa shape index (κ3) is 3.27. The number of H-pyrrole nitrogens is 1. The first kappa shape index (κ1) is 20.7. The molecule has 0 saturated carbocycles. The van der Waals surface area contributed by atoms with Gasteiger partial charge in [-0.15, -0.1) is 11.3 Å². The van der Waals surface area contributed by atoms with Crippen molar-refractivity contribution in [2.75, 3.05) is 6.61 Å². The Morgan fingerprint density at radius 3 is 2.81 bits per heavy atom. The normalized spacial score (nSPS) is 16.3. The van der Waals surface area contributed by atoms with Gasteiger partial charge in [0.15, 0.2) is 4.80 Å². The summed E-state index contributed by atoms with van der Waals surface area (Å²) in [6.07, 6.45) is 1.92. The molecular formula is C24H21N3O3S2. The number of esters is 1. The highest BCUT2D eigenvalue weighted by Crippen LogP contribution is 2.33. The fraction of sp³-hybridized carbons (Fsp3) is 0.208. The Labute approximate surface area is 191 Å². The number of para-hydroxylation sites is 1. The molecule has 0 bridgehead atoms. The first-order chi connectivity index (χ1) is 15.5. The lowest BCUT2D eigenvalue weighted by molar-refractivity contribution is -0.139. The van der Waals surface area contributed by atoms with Gasteiger partial charge in [-0.05, 0) is 44.4 Å². The number of aromatic amines is 1. The van der Waals surface area contributed by atoms with Crippen LogP contribution in [0.1, 0.15) is 36.0 Å². The number of aromatic nitrogens is 2. The monoisotopic (exact) mass is 463 g/mol. The number of allylic oxidation sites excluding steroid dienone is 1. The van der Waals surface area contributed by atoms with Crippen LogP contribution in [-0.2, 0) is 9.53 Å². The fourth-order valence-corrected chi connectivity index (χ4v) is 5.97. The molecule has 0 radical (unpaired) electrons. The number of benzene rings is 1. The zero-order valence-electron chi connectivity index (χ0n) is 17.8. The van der Waals surface area contributed by atoms with Crippen molar-refractivity contribution in [3.8, 4) is 0 Å². The topological polar surface area (TPSA) is 76.4 Å². The molecule has 8 heteroatoms. The van der Waals surface area contributed by atoms with E-state index in [2.05, 4.69) is 9.98 Å². The van der Waals surface area contributed by atoms with Crippen molar-refractivity contribution in [1.82, 2.24) is 9.55 Å². The van der Waals surface area contributed by atoms with E-state index in [1.807, 2.05) is 54.8 Å². The molecule has 32 heavy (non-hydrogen) atoms. The summed E-state index contributed by atoms with van der Waals surface area (Å²) >= 11 is 2.85. The van der Waals surface area contributed by atoms with Crippen LogP contribution in [0.5, 0.6) is 0 Å². The van der Waals surface area contributed by atoms with Crippen molar-refractivity contribution >= 4 is 45.6 Å². The summed E-state index contributed by atoms with van der Waals surface area (Å²) in [5.41, 5.74) is 3.84. The van der Waals surface area contributed by atoms with Crippen LogP contribution >= 0.6 is 22.7 Å². The molecule has 4 heterocycles. The molecule has 0 saturated heterocycles. The molecule has 4 aromatic rings. The summed E-state index contributed by atoms with van der Waals surface area (Å²) in [5, 5.41) is 3.01. The molecule has 1 N–H and O–H groups in total. The number of carbonyl (C=O) groups excluding carboxylic acids is 1. The molecule has 1 aromatic carbocycles. The standard InChI is InChI=1S/C24H21N3O3S2/c1-4-30-23(29)20-14(3)26-24-27(21(20)18-10-7-11-31-18)22(28)19(32-24)12-16-13(2)25-17-9-6-5-8-15(16)17/h5-12,21,25H,4H2,1-3H3/b19-12-/t21-/m0/s1. The average Bonchev–Trinajstić information content (AvgIpc) is 3.47. The molecular weight excluding hydrogens is 442 g/mol. The molecule has 0 amide bonds. The summed E-state index contributed by atoms with van der Waals surface area (Å²) in [6, 6.07) is 11.3. The zero-order valence-corrected chi connectivity index (χ0v) is 19.5. The maximum atomic E-state index is 13.6.